The molecule has 1 saturated heterocycles. The largest absolute Gasteiger partial charge is 0.497 e. The number of carbonyl (C=O) groups is 1. The predicted molar refractivity (Wildman–Crippen MR) is 205 cm³/mol. The van der Waals surface area contributed by atoms with Gasteiger partial charge in [-0.3, -0.25) is 4.79 Å². The van der Waals surface area contributed by atoms with Crippen LogP contribution >= 0.6 is 0 Å². The molecule has 0 aromatic heterocycles. The second-order valence-electron chi connectivity index (χ2n) is 17.4. The zero-order valence-corrected chi connectivity index (χ0v) is 36.1. The predicted octanol–water partition coefficient (Wildman–Crippen LogP) is 8.66. The van der Waals surface area contributed by atoms with Crippen molar-refractivity contribution in [3.8, 4) is 5.75 Å². The lowest BCUT2D eigenvalue weighted by atomic mass is 9.80. The third-order valence-corrected chi connectivity index (χ3v) is 20.3. The normalized spacial score (nSPS) is 24.4. The van der Waals surface area contributed by atoms with Gasteiger partial charge in [-0.2, -0.15) is 0 Å². The first-order valence-electron chi connectivity index (χ1n) is 18.1. The van der Waals surface area contributed by atoms with Crippen molar-refractivity contribution in [3.63, 3.8) is 0 Å². The van der Waals surface area contributed by atoms with Gasteiger partial charge in [-0.25, -0.2) is 0 Å². The van der Waals surface area contributed by atoms with E-state index in [4.69, 9.17) is 32.5 Å². The molecule has 0 saturated carbocycles. The number of hydrogen-bond donors (Lipinski definition) is 1. The maximum atomic E-state index is 12.6. The van der Waals surface area contributed by atoms with Crippen LogP contribution in [0.15, 0.2) is 35.9 Å². The number of carbonyl (C=O) groups excluding carboxylic acids is 1. The smallest absolute Gasteiger partial charge is 0.310 e. The Morgan fingerprint density at radius 1 is 1.02 bits per heavy atom. The molecular weight excluding hydrogens is 669 g/mol. The minimum absolute atomic E-state index is 0.00897. The molecule has 0 aliphatic carbocycles. The summed E-state index contributed by atoms with van der Waals surface area (Å²) in [5, 5.41) is 11.7. The minimum Gasteiger partial charge on any atom is -0.497 e. The molecule has 1 aliphatic rings. The molecule has 0 radical (unpaired) electrons. The molecule has 288 valence electrons. The van der Waals surface area contributed by atoms with Crippen LogP contribution < -0.4 is 4.74 Å². The molecule has 2 rings (SSSR count). The first kappa shape index (κ1) is 44.6. The summed E-state index contributed by atoms with van der Waals surface area (Å²) in [6.07, 6.45) is 1.17. The van der Waals surface area contributed by atoms with Crippen LogP contribution in [0.5, 0.6) is 5.75 Å². The van der Waals surface area contributed by atoms with Gasteiger partial charge in [0.15, 0.2) is 22.4 Å². The molecule has 1 aromatic carbocycles. The number of methoxy groups -OCH3 is 3. The van der Waals surface area contributed by atoms with Gasteiger partial charge in [0, 0.05) is 25.4 Å². The Morgan fingerprint density at radius 3 is 2.10 bits per heavy atom. The molecule has 1 heterocycles. The van der Waals surface area contributed by atoms with Gasteiger partial charge < -0.3 is 37.6 Å². The van der Waals surface area contributed by atoms with Crippen LogP contribution in [-0.2, 0) is 39.2 Å². The van der Waals surface area contributed by atoms with Crippen molar-refractivity contribution in [2.45, 2.75) is 155 Å². The molecule has 7 atom stereocenters. The van der Waals surface area contributed by atoms with E-state index in [1.165, 1.54) is 7.11 Å². The minimum atomic E-state index is -2.19. The van der Waals surface area contributed by atoms with Crippen molar-refractivity contribution in [2.75, 3.05) is 27.9 Å². The number of esters is 1. The molecule has 50 heavy (non-hydrogen) atoms. The number of aliphatic hydroxyl groups is 1. The molecule has 1 N–H and O–H groups in total. The topological polar surface area (TPSA) is 102 Å². The van der Waals surface area contributed by atoms with E-state index in [9.17, 15) is 9.90 Å². The number of hydrogen-bond acceptors (Lipinski definition) is 9. The van der Waals surface area contributed by atoms with Crippen LogP contribution in [0.4, 0.5) is 0 Å². The number of rotatable bonds is 17. The first-order chi connectivity index (χ1) is 22.9. The summed E-state index contributed by atoms with van der Waals surface area (Å²) in [5.41, 5.74) is 2.07. The van der Waals surface area contributed by atoms with E-state index >= 15 is 0 Å². The second-order valence-corrected chi connectivity index (χ2v) is 26.9. The summed E-state index contributed by atoms with van der Waals surface area (Å²) in [6, 6.07) is 7.88. The van der Waals surface area contributed by atoms with Gasteiger partial charge in [0.1, 0.15) is 5.75 Å². The molecule has 0 bridgehead atoms. The molecular formula is C39H70O9Si2. The molecule has 1 fully saturated rings. The summed E-state index contributed by atoms with van der Waals surface area (Å²) in [5.74, 6) is -1.23. The Morgan fingerprint density at radius 2 is 1.60 bits per heavy atom. The Bertz CT molecular complexity index is 1240. The first-order valence-corrected chi connectivity index (χ1v) is 23.9. The van der Waals surface area contributed by atoms with Crippen LogP contribution in [0.1, 0.15) is 87.1 Å². The third-order valence-electron chi connectivity index (χ3n) is 11.3. The molecule has 9 nitrogen and oxygen atoms in total. The van der Waals surface area contributed by atoms with Crippen molar-refractivity contribution in [1.29, 1.82) is 0 Å². The van der Waals surface area contributed by atoms with Gasteiger partial charge >= 0.3 is 5.97 Å². The highest BCUT2D eigenvalue weighted by Crippen LogP contribution is 2.45. The second kappa shape index (κ2) is 18.0. The lowest BCUT2D eigenvalue weighted by molar-refractivity contribution is -0.309. The highest BCUT2D eigenvalue weighted by molar-refractivity contribution is 6.74. The molecule has 0 unspecified atom stereocenters. The zero-order chi connectivity index (χ0) is 38.3. The maximum absolute atomic E-state index is 12.6. The lowest BCUT2D eigenvalue weighted by Crippen LogP contribution is -2.59. The van der Waals surface area contributed by atoms with Gasteiger partial charge in [0.2, 0.25) is 0 Å². The molecule has 11 heteroatoms. The quantitative estimate of drug-likeness (QED) is 0.0956. The Kier molecular flexibility index (Phi) is 16.0. The van der Waals surface area contributed by atoms with Crippen LogP contribution in [0.25, 0.3) is 0 Å². The Labute approximate surface area is 306 Å². The van der Waals surface area contributed by atoms with Crippen LogP contribution in [-0.4, -0.2) is 85.8 Å². The van der Waals surface area contributed by atoms with E-state index in [0.717, 1.165) is 16.9 Å². The summed E-state index contributed by atoms with van der Waals surface area (Å²) in [6.45, 7) is 29.3. The fourth-order valence-corrected chi connectivity index (χ4v) is 8.58. The SMILES string of the molecule is COC(=O)C[C@]1(OC)C[C@H](O[Si](C)(C)C(C)(C)C)[C@@H](C)[C@H]([C@H](C)[C@H](O)/C=C(\C)C[C@H](COCc2ccc(OC)cc2)O[Si](C)(C)C(C)(C)C)O1. The summed E-state index contributed by atoms with van der Waals surface area (Å²) < 4.78 is 43.0. The van der Waals surface area contributed by atoms with Crippen molar-refractivity contribution < 1.29 is 42.4 Å². The van der Waals surface area contributed by atoms with Gasteiger partial charge in [-0.15, -0.1) is 0 Å². The Balaban J connectivity index is 2.33. The van der Waals surface area contributed by atoms with Crippen LogP contribution in [0, 0.1) is 11.8 Å². The van der Waals surface area contributed by atoms with Gasteiger partial charge in [0.05, 0.1) is 58.3 Å². The summed E-state index contributed by atoms with van der Waals surface area (Å²) in [4.78, 5) is 12.6. The van der Waals surface area contributed by atoms with Crippen molar-refractivity contribution in [2.24, 2.45) is 11.8 Å². The van der Waals surface area contributed by atoms with Crippen molar-refractivity contribution in [3.05, 3.63) is 41.5 Å². The molecule has 0 spiro atoms. The highest BCUT2D eigenvalue weighted by Gasteiger charge is 2.52. The third kappa shape index (κ3) is 12.3. The molecule has 0 amide bonds. The highest BCUT2D eigenvalue weighted by atomic mass is 28.4. The number of benzene rings is 1. The van der Waals surface area contributed by atoms with E-state index in [-0.39, 0.29) is 40.5 Å². The van der Waals surface area contributed by atoms with E-state index in [0.29, 0.717) is 26.1 Å². The lowest BCUT2D eigenvalue weighted by Gasteiger charge is -2.51. The van der Waals surface area contributed by atoms with E-state index in [1.54, 1.807) is 14.2 Å². The molecule has 1 aromatic rings. The van der Waals surface area contributed by atoms with Crippen LogP contribution in [0.2, 0.25) is 36.3 Å². The van der Waals surface area contributed by atoms with Gasteiger partial charge in [-0.05, 0) is 67.3 Å². The van der Waals surface area contributed by atoms with Crippen molar-refractivity contribution in [1.82, 2.24) is 0 Å². The van der Waals surface area contributed by atoms with E-state index in [1.807, 2.05) is 44.2 Å². The molecule has 1 aliphatic heterocycles. The average molecular weight is 739 g/mol. The van der Waals surface area contributed by atoms with E-state index in [2.05, 4.69) is 74.7 Å². The van der Waals surface area contributed by atoms with E-state index < -0.39 is 40.6 Å². The fraction of sp³-hybridized carbons (Fsp3) is 0.769. The van der Waals surface area contributed by atoms with Gasteiger partial charge in [0.25, 0.3) is 0 Å². The maximum Gasteiger partial charge on any atom is 0.310 e. The average Bonchev–Trinajstić information content (AvgIpc) is 3.00. The standard InChI is InChI=1S/C39H70O9Si2/c1-27(21-32(47-49(13,14)37(4,5)6)26-45-25-30-17-19-31(42-10)20-18-30)22-33(40)28(2)36-29(3)34(48-50(15,16)38(7,8)9)23-39(44-12,46-36)24-35(41)43-11/h17-20,22,28-29,32-34,36,40H,21,23-26H2,1-16H3/b27-22+/t28-,29-,32-,33-,34+,36+,39+/m1/s1. The number of ether oxygens (including phenoxy) is 5. The van der Waals surface area contributed by atoms with Gasteiger partial charge in [-0.1, -0.05) is 79.2 Å². The summed E-state index contributed by atoms with van der Waals surface area (Å²) in [7, 11) is 0.266. The van der Waals surface area contributed by atoms with Crippen molar-refractivity contribution >= 4 is 22.6 Å². The zero-order valence-electron chi connectivity index (χ0n) is 34.1. The summed E-state index contributed by atoms with van der Waals surface area (Å²) >= 11 is 0. The number of aliphatic hydroxyl groups excluding tert-OH is 1. The Hall–Kier alpha value is -1.58. The fourth-order valence-electron chi connectivity index (χ4n) is 5.83. The van der Waals surface area contributed by atoms with Crippen LogP contribution in [0.3, 0.4) is 0 Å². The monoisotopic (exact) mass is 738 g/mol.